The Balaban J connectivity index is 4.20. The third-order valence-electron chi connectivity index (χ3n) is 13.3. The summed E-state index contributed by atoms with van der Waals surface area (Å²) in [5.74, 6) is -0.854. The number of ether oxygens (including phenoxy) is 2. The van der Waals surface area contributed by atoms with Crippen LogP contribution in [0.25, 0.3) is 0 Å². The van der Waals surface area contributed by atoms with E-state index in [1.165, 1.54) is 116 Å². The number of carbonyl (C=O) groups is 2. The van der Waals surface area contributed by atoms with E-state index in [4.69, 9.17) is 18.5 Å². The summed E-state index contributed by atoms with van der Waals surface area (Å²) < 4.78 is 34.2. The number of hydrogen-bond donors (Lipinski definition) is 0. The molecule has 2 unspecified atom stereocenters. The number of phosphoric acid groups is 1. The van der Waals surface area contributed by atoms with Crippen molar-refractivity contribution in [1.29, 1.82) is 0 Å². The molecular formula is C68H118NO8P. The fraction of sp³-hybridized carbons (Fsp3) is 0.706. The van der Waals surface area contributed by atoms with Crippen molar-refractivity contribution in [2.45, 2.75) is 264 Å². The highest BCUT2D eigenvalue weighted by molar-refractivity contribution is 7.45. The van der Waals surface area contributed by atoms with Gasteiger partial charge in [-0.1, -0.05) is 271 Å². The highest BCUT2D eigenvalue weighted by Gasteiger charge is 2.22. The minimum atomic E-state index is -4.65. The zero-order valence-electron chi connectivity index (χ0n) is 50.8. The highest BCUT2D eigenvalue weighted by atomic mass is 31.2. The molecule has 0 amide bonds. The third-order valence-corrected chi connectivity index (χ3v) is 14.3. The lowest BCUT2D eigenvalue weighted by atomic mass is 10.0. The zero-order valence-corrected chi connectivity index (χ0v) is 51.7. The van der Waals surface area contributed by atoms with Gasteiger partial charge in [0.05, 0.1) is 27.7 Å². The largest absolute Gasteiger partial charge is 0.756 e. The Morgan fingerprint density at radius 3 is 1.09 bits per heavy atom. The first-order valence-electron chi connectivity index (χ1n) is 31.6. The summed E-state index contributed by atoms with van der Waals surface area (Å²) >= 11 is 0. The SMILES string of the molecule is CC/C=C\C/C=C\C/C=C\C/C=C\C/C=C\C/C=C\C/C=C\C/C=C\C/C=C\CCCCCCCC(=O)OC(COC(=O)CCCCCCCCCCCCCCCCCCCCCCC)COP(=O)([O-])OCC[N+](C)(C)C. The van der Waals surface area contributed by atoms with Gasteiger partial charge in [0.1, 0.15) is 19.8 Å². The molecule has 0 radical (unpaired) electrons. The molecule has 9 nitrogen and oxygen atoms in total. The van der Waals surface area contributed by atoms with Gasteiger partial charge in [-0.2, -0.15) is 0 Å². The van der Waals surface area contributed by atoms with Crippen LogP contribution in [0.5, 0.6) is 0 Å². The van der Waals surface area contributed by atoms with E-state index in [1.54, 1.807) is 0 Å². The van der Waals surface area contributed by atoms with Crippen LogP contribution in [0.1, 0.15) is 258 Å². The summed E-state index contributed by atoms with van der Waals surface area (Å²) in [5.41, 5.74) is 0. The second-order valence-electron chi connectivity index (χ2n) is 22.0. The molecule has 448 valence electrons. The minimum absolute atomic E-state index is 0.0391. The normalized spacial score (nSPS) is 14.0. The first-order valence-corrected chi connectivity index (χ1v) is 33.1. The van der Waals surface area contributed by atoms with Crippen molar-refractivity contribution in [3.63, 3.8) is 0 Å². The molecule has 0 N–H and O–H groups in total. The number of hydrogen-bond acceptors (Lipinski definition) is 8. The average molecular weight is 1110 g/mol. The first-order chi connectivity index (χ1) is 38.0. The Morgan fingerprint density at radius 2 is 0.731 bits per heavy atom. The Hall–Kier alpha value is -3.33. The van der Waals surface area contributed by atoms with Crippen molar-refractivity contribution in [3.05, 3.63) is 109 Å². The second-order valence-corrected chi connectivity index (χ2v) is 23.5. The Kier molecular flexibility index (Phi) is 55.8. The van der Waals surface area contributed by atoms with Gasteiger partial charge in [-0.25, -0.2) is 0 Å². The number of quaternary nitrogens is 1. The van der Waals surface area contributed by atoms with Crippen LogP contribution in [-0.4, -0.2) is 70.0 Å². The topological polar surface area (TPSA) is 111 Å². The van der Waals surface area contributed by atoms with E-state index in [0.29, 0.717) is 17.4 Å². The highest BCUT2D eigenvalue weighted by Crippen LogP contribution is 2.38. The number of unbranched alkanes of at least 4 members (excludes halogenated alkanes) is 25. The fourth-order valence-corrected chi connectivity index (χ4v) is 9.20. The van der Waals surface area contributed by atoms with Gasteiger partial charge in [0, 0.05) is 12.8 Å². The van der Waals surface area contributed by atoms with Gasteiger partial charge < -0.3 is 27.9 Å². The summed E-state index contributed by atoms with van der Waals surface area (Å²) in [7, 11) is 1.15. The monoisotopic (exact) mass is 1110 g/mol. The van der Waals surface area contributed by atoms with E-state index in [9.17, 15) is 19.0 Å². The van der Waals surface area contributed by atoms with Gasteiger partial charge >= 0.3 is 11.9 Å². The van der Waals surface area contributed by atoms with Crippen LogP contribution in [0.2, 0.25) is 0 Å². The number of esters is 2. The summed E-state index contributed by atoms with van der Waals surface area (Å²) in [6.45, 7) is 4.12. The Morgan fingerprint density at radius 1 is 0.410 bits per heavy atom. The van der Waals surface area contributed by atoms with Crippen LogP contribution in [0.4, 0.5) is 0 Å². The van der Waals surface area contributed by atoms with E-state index < -0.39 is 26.5 Å². The van der Waals surface area contributed by atoms with Gasteiger partial charge in [-0.3, -0.25) is 14.2 Å². The lowest BCUT2D eigenvalue weighted by Crippen LogP contribution is -2.37. The number of nitrogens with zero attached hydrogens (tertiary/aromatic N) is 1. The molecule has 0 rings (SSSR count). The van der Waals surface area contributed by atoms with Crippen molar-refractivity contribution in [2.75, 3.05) is 47.5 Å². The minimum Gasteiger partial charge on any atom is -0.756 e. The van der Waals surface area contributed by atoms with Gasteiger partial charge in [-0.15, -0.1) is 0 Å². The van der Waals surface area contributed by atoms with Crippen molar-refractivity contribution >= 4 is 19.8 Å². The predicted octanol–water partition coefficient (Wildman–Crippen LogP) is 19.5. The zero-order chi connectivity index (χ0) is 57.0. The maximum atomic E-state index is 12.8. The van der Waals surface area contributed by atoms with E-state index in [-0.39, 0.29) is 32.0 Å². The van der Waals surface area contributed by atoms with Gasteiger partial charge in [0.15, 0.2) is 6.10 Å². The Labute approximate surface area is 480 Å². The molecule has 0 aliphatic heterocycles. The summed E-state index contributed by atoms with van der Waals surface area (Å²) in [6, 6.07) is 0. The average Bonchev–Trinajstić information content (AvgIpc) is 3.41. The van der Waals surface area contributed by atoms with E-state index in [2.05, 4.69) is 123 Å². The van der Waals surface area contributed by atoms with Gasteiger partial charge in [-0.05, 0) is 83.5 Å². The standard InChI is InChI=1S/C68H118NO8P/c1-6-8-10-12-14-16-18-20-22-24-26-28-29-30-31-32-33-34-35-36-37-38-39-41-43-45-47-49-51-53-55-57-59-61-68(71)77-66(65-76-78(72,73)75-63-62-69(3,4)5)64-74-67(70)60-58-56-54-52-50-48-46-44-42-40-27-25-23-21-19-17-15-13-11-9-7-2/h8,10,14,16,20,22,26,28,30-31,33-34,36-37,39,41,45,47,66H,6-7,9,11-13,15,17-19,21,23-25,27,29,32,35,38,40,42-44,46,48-65H2,1-5H3/b10-8-,16-14-,22-20-,28-26-,31-30-,34-33-,37-36-,41-39-,47-45-. The summed E-state index contributed by atoms with van der Waals surface area (Å²) in [5, 5.41) is 0. The van der Waals surface area contributed by atoms with Crippen LogP contribution < -0.4 is 4.89 Å². The van der Waals surface area contributed by atoms with E-state index in [1.807, 2.05) is 21.1 Å². The number of carbonyl (C=O) groups excluding carboxylic acids is 2. The second kappa shape index (κ2) is 58.3. The van der Waals surface area contributed by atoms with Crippen LogP contribution in [-0.2, 0) is 32.7 Å². The maximum absolute atomic E-state index is 12.8. The molecule has 10 heteroatoms. The molecule has 0 fully saturated rings. The van der Waals surface area contributed by atoms with Crippen molar-refractivity contribution < 1.29 is 42.1 Å². The van der Waals surface area contributed by atoms with Crippen LogP contribution in [0, 0.1) is 0 Å². The molecule has 0 aromatic heterocycles. The lowest BCUT2D eigenvalue weighted by molar-refractivity contribution is -0.870. The smallest absolute Gasteiger partial charge is 0.306 e. The molecule has 78 heavy (non-hydrogen) atoms. The molecule has 0 heterocycles. The van der Waals surface area contributed by atoms with E-state index >= 15 is 0 Å². The van der Waals surface area contributed by atoms with Gasteiger partial charge in [0.25, 0.3) is 7.82 Å². The van der Waals surface area contributed by atoms with Crippen LogP contribution in [0.15, 0.2) is 109 Å². The molecule has 0 saturated heterocycles. The summed E-state index contributed by atoms with van der Waals surface area (Å²) in [4.78, 5) is 37.9. The van der Waals surface area contributed by atoms with E-state index in [0.717, 1.165) is 109 Å². The van der Waals surface area contributed by atoms with Crippen molar-refractivity contribution in [2.24, 2.45) is 0 Å². The van der Waals surface area contributed by atoms with Crippen LogP contribution >= 0.6 is 7.82 Å². The Bertz CT molecular complexity index is 1680. The molecule has 0 aliphatic carbocycles. The number of rotatable bonds is 57. The van der Waals surface area contributed by atoms with Crippen molar-refractivity contribution in [3.8, 4) is 0 Å². The molecule has 0 spiro atoms. The molecular weight excluding hydrogens is 990 g/mol. The quantitative estimate of drug-likeness (QED) is 0.0195. The molecule has 0 aromatic rings. The summed E-state index contributed by atoms with van der Waals surface area (Å²) in [6.07, 6.45) is 81.4. The molecule has 0 saturated carbocycles. The lowest BCUT2D eigenvalue weighted by Gasteiger charge is -2.28. The fourth-order valence-electron chi connectivity index (χ4n) is 8.47. The third kappa shape index (κ3) is 61.9. The molecule has 0 aliphatic rings. The number of likely N-dealkylation sites (N-methyl/N-ethyl adjacent to an activating group) is 1. The number of phosphoric ester groups is 1. The molecule has 0 aromatic carbocycles. The van der Waals surface area contributed by atoms with Crippen molar-refractivity contribution in [1.82, 2.24) is 0 Å². The maximum Gasteiger partial charge on any atom is 0.306 e. The molecule has 0 bridgehead atoms. The number of allylic oxidation sites excluding steroid dienone is 18. The first kappa shape index (κ1) is 74.7. The molecule has 2 atom stereocenters. The predicted molar refractivity (Wildman–Crippen MR) is 332 cm³/mol. The van der Waals surface area contributed by atoms with Gasteiger partial charge in [0.2, 0.25) is 0 Å². The van der Waals surface area contributed by atoms with Crippen LogP contribution in [0.3, 0.4) is 0 Å².